The number of hydrogen-bond acceptors (Lipinski definition) is 3. The number of carbonyl (C=O) groups is 1. The van der Waals surface area contributed by atoms with Gasteiger partial charge in [-0.1, -0.05) is 35.3 Å². The molecule has 2 aromatic rings. The summed E-state index contributed by atoms with van der Waals surface area (Å²) in [5.74, 6) is -0.312. The Morgan fingerprint density at radius 2 is 1.83 bits per heavy atom. The van der Waals surface area contributed by atoms with E-state index in [0.717, 1.165) is 0 Å². The van der Waals surface area contributed by atoms with Crippen molar-refractivity contribution in [1.82, 2.24) is 0 Å². The van der Waals surface area contributed by atoms with Crippen LogP contribution in [0.5, 0.6) is 0 Å². The number of carbonyl (C=O) groups excluding carboxylic acids is 1. The topological polar surface area (TPSA) is 89.3 Å². The van der Waals surface area contributed by atoms with Crippen molar-refractivity contribution in [1.29, 1.82) is 0 Å². The Kier molecular flexibility index (Phi) is 5.31. The molecule has 0 aliphatic heterocycles. The van der Waals surface area contributed by atoms with E-state index in [-0.39, 0.29) is 17.2 Å². The normalized spacial score (nSPS) is 11.3. The van der Waals surface area contributed by atoms with Gasteiger partial charge in [0.1, 0.15) is 0 Å². The van der Waals surface area contributed by atoms with E-state index >= 15 is 0 Å². The lowest BCUT2D eigenvalue weighted by molar-refractivity contribution is -0.115. The van der Waals surface area contributed by atoms with Crippen molar-refractivity contribution in [3.05, 3.63) is 57.6 Å². The predicted molar refractivity (Wildman–Crippen MR) is 91.3 cm³/mol. The number of amides is 1. The third-order valence-corrected chi connectivity index (χ3v) is 4.92. The summed E-state index contributed by atoms with van der Waals surface area (Å²) < 4.78 is 23.0. The van der Waals surface area contributed by atoms with Crippen LogP contribution in [0.3, 0.4) is 0 Å². The third kappa shape index (κ3) is 4.68. The lowest BCUT2D eigenvalue weighted by atomic mass is 10.1. The summed E-state index contributed by atoms with van der Waals surface area (Å²) in [4.78, 5) is 12.0. The molecule has 0 bridgehead atoms. The monoisotopic (exact) mass is 372 g/mol. The van der Waals surface area contributed by atoms with E-state index in [9.17, 15) is 13.2 Å². The first-order valence-corrected chi connectivity index (χ1v) is 8.84. The van der Waals surface area contributed by atoms with Gasteiger partial charge in [0.25, 0.3) is 0 Å². The van der Waals surface area contributed by atoms with Crippen LogP contribution in [0.1, 0.15) is 11.1 Å². The Bertz CT molecular complexity index is 867. The molecule has 0 radical (unpaired) electrons. The number of nitrogens with two attached hydrogens (primary N) is 1. The van der Waals surface area contributed by atoms with E-state index in [2.05, 4.69) is 5.32 Å². The number of rotatable bonds is 4. The van der Waals surface area contributed by atoms with Crippen molar-refractivity contribution < 1.29 is 13.2 Å². The van der Waals surface area contributed by atoms with Crippen LogP contribution >= 0.6 is 23.2 Å². The molecule has 0 saturated heterocycles. The first-order valence-electron chi connectivity index (χ1n) is 6.54. The number of anilines is 1. The number of hydrogen-bond donors (Lipinski definition) is 2. The molecule has 1 amide bonds. The fraction of sp³-hybridized carbons (Fsp3) is 0.133. The van der Waals surface area contributed by atoms with Crippen LogP contribution in [0.2, 0.25) is 10.0 Å². The summed E-state index contributed by atoms with van der Waals surface area (Å²) in [6, 6.07) is 9.42. The van der Waals surface area contributed by atoms with Gasteiger partial charge in [0.05, 0.1) is 21.4 Å². The summed E-state index contributed by atoms with van der Waals surface area (Å²) in [6.07, 6.45) is 0.0788. The molecule has 2 aromatic carbocycles. The molecule has 0 aliphatic rings. The second-order valence-electron chi connectivity index (χ2n) is 5.00. The summed E-state index contributed by atoms with van der Waals surface area (Å²) in [5, 5.41) is 8.55. The minimum Gasteiger partial charge on any atom is -0.326 e. The Labute approximate surface area is 144 Å². The SMILES string of the molecule is Cc1ccc(NC(=O)Cc2ccc(Cl)c(Cl)c2)cc1S(N)(=O)=O. The van der Waals surface area contributed by atoms with Gasteiger partial charge in [-0.25, -0.2) is 13.6 Å². The molecule has 0 aliphatic carbocycles. The molecular formula is C15H14Cl2N2O3S. The molecule has 0 fully saturated rings. The van der Waals surface area contributed by atoms with Crippen LogP contribution in [0, 0.1) is 6.92 Å². The molecule has 0 heterocycles. The average Bonchev–Trinajstić information content (AvgIpc) is 2.44. The molecule has 8 heteroatoms. The van der Waals surface area contributed by atoms with Crippen LogP contribution in [-0.4, -0.2) is 14.3 Å². The lowest BCUT2D eigenvalue weighted by Crippen LogP contribution is -2.17. The van der Waals surface area contributed by atoms with Gasteiger partial charge in [-0.15, -0.1) is 0 Å². The van der Waals surface area contributed by atoms with Gasteiger partial charge in [-0.2, -0.15) is 0 Å². The zero-order chi connectivity index (χ0) is 17.2. The van der Waals surface area contributed by atoms with E-state index in [4.69, 9.17) is 28.3 Å². The van der Waals surface area contributed by atoms with Crippen molar-refractivity contribution in [2.75, 3.05) is 5.32 Å². The first-order chi connectivity index (χ1) is 10.7. The lowest BCUT2D eigenvalue weighted by Gasteiger charge is -2.09. The highest BCUT2D eigenvalue weighted by Gasteiger charge is 2.13. The van der Waals surface area contributed by atoms with Crippen molar-refractivity contribution >= 4 is 44.8 Å². The highest BCUT2D eigenvalue weighted by Crippen LogP contribution is 2.23. The molecule has 0 aromatic heterocycles. The molecule has 3 N–H and O–H groups in total. The number of sulfonamides is 1. The van der Waals surface area contributed by atoms with Gasteiger partial charge in [0.2, 0.25) is 15.9 Å². The van der Waals surface area contributed by atoms with E-state index in [1.165, 1.54) is 6.07 Å². The Morgan fingerprint density at radius 3 is 2.43 bits per heavy atom. The second kappa shape index (κ2) is 6.88. The van der Waals surface area contributed by atoms with Gasteiger partial charge in [0, 0.05) is 5.69 Å². The number of primary sulfonamides is 1. The van der Waals surface area contributed by atoms with Gasteiger partial charge in [-0.3, -0.25) is 4.79 Å². The predicted octanol–water partition coefficient (Wildman–Crippen LogP) is 3.13. The van der Waals surface area contributed by atoms with Crippen molar-refractivity contribution in [3.8, 4) is 0 Å². The maximum atomic E-state index is 12.1. The second-order valence-corrected chi connectivity index (χ2v) is 7.34. The molecule has 2 rings (SSSR count). The standard InChI is InChI=1S/C15H14Cl2N2O3S/c1-9-2-4-11(8-14(9)23(18,21)22)19-15(20)7-10-3-5-12(16)13(17)6-10/h2-6,8H,7H2,1H3,(H,19,20)(H2,18,21,22). The Morgan fingerprint density at radius 1 is 1.13 bits per heavy atom. The third-order valence-electron chi connectivity index (χ3n) is 3.13. The minimum absolute atomic E-state index is 0.0233. The van der Waals surface area contributed by atoms with Crippen LogP contribution in [0.4, 0.5) is 5.69 Å². The molecule has 0 spiro atoms. The number of nitrogens with one attached hydrogen (secondary N) is 1. The highest BCUT2D eigenvalue weighted by atomic mass is 35.5. The molecule has 0 saturated carbocycles. The number of halogens is 2. The summed E-state index contributed by atoms with van der Waals surface area (Å²) >= 11 is 11.7. The fourth-order valence-corrected chi connectivity index (χ4v) is 3.15. The van der Waals surface area contributed by atoms with Crippen LogP contribution < -0.4 is 10.5 Å². The maximum Gasteiger partial charge on any atom is 0.238 e. The zero-order valence-electron chi connectivity index (χ0n) is 12.1. The van der Waals surface area contributed by atoms with Crippen LogP contribution in [0.25, 0.3) is 0 Å². The minimum atomic E-state index is -3.84. The van der Waals surface area contributed by atoms with Gasteiger partial charge in [-0.05, 0) is 42.3 Å². The summed E-state index contributed by atoms with van der Waals surface area (Å²) in [6.45, 7) is 1.63. The smallest absolute Gasteiger partial charge is 0.238 e. The Balaban J connectivity index is 2.16. The van der Waals surface area contributed by atoms with Crippen LogP contribution in [0.15, 0.2) is 41.3 Å². The highest BCUT2D eigenvalue weighted by molar-refractivity contribution is 7.89. The van der Waals surface area contributed by atoms with Crippen LogP contribution in [-0.2, 0) is 21.2 Å². The van der Waals surface area contributed by atoms with Gasteiger partial charge in [0.15, 0.2) is 0 Å². The number of benzene rings is 2. The molecule has 0 atom stereocenters. The van der Waals surface area contributed by atoms with E-state index in [1.807, 2.05) is 0 Å². The molecule has 0 unspecified atom stereocenters. The quantitative estimate of drug-likeness (QED) is 0.863. The number of aryl methyl sites for hydroxylation is 1. The van der Waals surface area contributed by atoms with Gasteiger partial charge >= 0.3 is 0 Å². The molecule has 122 valence electrons. The maximum absolute atomic E-state index is 12.1. The van der Waals surface area contributed by atoms with Crippen molar-refractivity contribution in [2.45, 2.75) is 18.2 Å². The first kappa shape index (κ1) is 17.7. The Hall–Kier alpha value is -1.60. The molecule has 23 heavy (non-hydrogen) atoms. The van der Waals surface area contributed by atoms with Crippen molar-refractivity contribution in [2.24, 2.45) is 5.14 Å². The average molecular weight is 373 g/mol. The van der Waals surface area contributed by atoms with E-state index in [0.29, 0.717) is 26.9 Å². The van der Waals surface area contributed by atoms with E-state index < -0.39 is 10.0 Å². The molecule has 5 nitrogen and oxygen atoms in total. The molecular weight excluding hydrogens is 359 g/mol. The van der Waals surface area contributed by atoms with Gasteiger partial charge < -0.3 is 5.32 Å². The zero-order valence-corrected chi connectivity index (χ0v) is 14.5. The summed E-state index contributed by atoms with van der Waals surface area (Å²) in [5.41, 5.74) is 1.55. The largest absolute Gasteiger partial charge is 0.326 e. The van der Waals surface area contributed by atoms with E-state index in [1.54, 1.807) is 37.3 Å². The summed E-state index contributed by atoms with van der Waals surface area (Å²) in [7, 11) is -3.84. The van der Waals surface area contributed by atoms with Crippen molar-refractivity contribution in [3.63, 3.8) is 0 Å². The fourth-order valence-electron chi connectivity index (χ4n) is 2.02.